The average molecular weight is 321 g/mol. The Labute approximate surface area is 130 Å². The van der Waals surface area contributed by atoms with Crippen molar-refractivity contribution < 1.29 is 27.8 Å². The molecule has 0 aliphatic carbocycles. The van der Waals surface area contributed by atoms with Crippen molar-refractivity contribution in [3.63, 3.8) is 0 Å². The topological polar surface area (TPSA) is 64.6 Å². The van der Waals surface area contributed by atoms with E-state index < -0.39 is 30.1 Å². The van der Waals surface area contributed by atoms with E-state index in [1.807, 2.05) is 0 Å². The van der Waals surface area contributed by atoms with Gasteiger partial charge in [-0.05, 0) is 30.3 Å². The molecule has 1 amide bonds. The summed E-state index contributed by atoms with van der Waals surface area (Å²) in [4.78, 5) is 23.1. The first-order valence-corrected chi connectivity index (χ1v) is 6.55. The molecule has 2 aromatic carbocycles. The highest BCUT2D eigenvalue weighted by Gasteiger charge is 2.10. The summed E-state index contributed by atoms with van der Waals surface area (Å²) in [7, 11) is 1.25. The van der Waals surface area contributed by atoms with Crippen LogP contribution in [-0.4, -0.2) is 25.6 Å². The van der Waals surface area contributed by atoms with Crippen LogP contribution in [-0.2, 0) is 9.53 Å². The summed E-state index contributed by atoms with van der Waals surface area (Å²) in [5.74, 6) is -2.37. The van der Waals surface area contributed by atoms with E-state index in [9.17, 15) is 18.4 Å². The van der Waals surface area contributed by atoms with Gasteiger partial charge in [-0.25, -0.2) is 13.6 Å². The van der Waals surface area contributed by atoms with Crippen LogP contribution in [0.15, 0.2) is 42.5 Å². The second-order valence-electron chi connectivity index (χ2n) is 4.48. The molecule has 0 aromatic heterocycles. The van der Waals surface area contributed by atoms with E-state index in [0.717, 1.165) is 18.2 Å². The molecule has 0 saturated heterocycles. The van der Waals surface area contributed by atoms with Crippen molar-refractivity contribution >= 4 is 17.6 Å². The molecule has 23 heavy (non-hydrogen) atoms. The molecule has 0 unspecified atom stereocenters. The fraction of sp³-hybridized carbons (Fsp3) is 0.125. The number of benzene rings is 2. The van der Waals surface area contributed by atoms with Gasteiger partial charge < -0.3 is 14.8 Å². The Morgan fingerprint density at radius 2 is 1.91 bits per heavy atom. The molecule has 0 aliphatic heterocycles. The molecule has 7 heteroatoms. The van der Waals surface area contributed by atoms with Crippen LogP contribution in [0.5, 0.6) is 5.75 Å². The number of amides is 1. The summed E-state index contributed by atoms with van der Waals surface area (Å²) in [6.45, 7) is -0.430. The van der Waals surface area contributed by atoms with E-state index in [4.69, 9.17) is 4.74 Å². The van der Waals surface area contributed by atoms with Gasteiger partial charge in [0.25, 0.3) is 5.91 Å². The van der Waals surface area contributed by atoms with Crippen LogP contribution < -0.4 is 10.1 Å². The predicted molar refractivity (Wildman–Crippen MR) is 78.3 cm³/mol. The van der Waals surface area contributed by atoms with Gasteiger partial charge in [0.15, 0.2) is 6.61 Å². The summed E-state index contributed by atoms with van der Waals surface area (Å²) in [6, 6.07) is 8.76. The van der Waals surface area contributed by atoms with Gasteiger partial charge in [0, 0.05) is 6.07 Å². The van der Waals surface area contributed by atoms with Crippen molar-refractivity contribution in [1.82, 2.24) is 0 Å². The zero-order chi connectivity index (χ0) is 16.8. The standard InChI is InChI=1S/C16H13F2NO4/c1-22-16(21)10-3-2-4-12(7-10)23-9-15(20)19-14-8-11(17)5-6-13(14)18/h2-8H,9H2,1H3,(H,19,20). The Kier molecular flexibility index (Phi) is 5.24. The number of rotatable bonds is 5. The van der Waals surface area contributed by atoms with Gasteiger partial charge in [-0.2, -0.15) is 0 Å². The first kappa shape index (κ1) is 16.4. The van der Waals surface area contributed by atoms with Crippen LogP contribution in [0.25, 0.3) is 0 Å². The number of carbonyl (C=O) groups is 2. The Morgan fingerprint density at radius 1 is 1.13 bits per heavy atom. The quantitative estimate of drug-likeness (QED) is 0.860. The zero-order valence-electron chi connectivity index (χ0n) is 12.1. The van der Waals surface area contributed by atoms with Crippen molar-refractivity contribution in [2.75, 3.05) is 19.0 Å². The fourth-order valence-electron chi connectivity index (χ4n) is 1.76. The largest absolute Gasteiger partial charge is 0.484 e. The number of halogens is 2. The molecule has 0 heterocycles. The molecule has 5 nitrogen and oxygen atoms in total. The van der Waals surface area contributed by atoms with Gasteiger partial charge in [0.1, 0.15) is 17.4 Å². The third-order valence-corrected chi connectivity index (χ3v) is 2.83. The predicted octanol–water partition coefficient (Wildman–Crippen LogP) is 2.77. The number of methoxy groups -OCH3 is 1. The molecule has 2 aromatic rings. The lowest BCUT2D eigenvalue weighted by molar-refractivity contribution is -0.118. The minimum atomic E-state index is -0.757. The Hall–Kier alpha value is -2.96. The van der Waals surface area contributed by atoms with E-state index in [1.54, 1.807) is 12.1 Å². The van der Waals surface area contributed by atoms with Gasteiger partial charge in [-0.15, -0.1) is 0 Å². The molecule has 2 rings (SSSR count). The summed E-state index contributed by atoms with van der Waals surface area (Å²) >= 11 is 0. The second-order valence-corrected chi connectivity index (χ2v) is 4.48. The summed E-state index contributed by atoms with van der Waals surface area (Å²) in [6.07, 6.45) is 0. The van der Waals surface area contributed by atoms with Gasteiger partial charge >= 0.3 is 5.97 Å². The normalized spacial score (nSPS) is 10.0. The van der Waals surface area contributed by atoms with Crippen molar-refractivity contribution in [3.8, 4) is 5.75 Å². The van der Waals surface area contributed by atoms with Gasteiger partial charge in [0.2, 0.25) is 0 Å². The number of nitrogens with one attached hydrogen (secondary N) is 1. The van der Waals surface area contributed by atoms with E-state index in [0.29, 0.717) is 0 Å². The number of hydrogen-bond acceptors (Lipinski definition) is 4. The number of ether oxygens (including phenoxy) is 2. The Morgan fingerprint density at radius 3 is 2.65 bits per heavy atom. The molecule has 0 spiro atoms. The molecule has 0 bridgehead atoms. The van der Waals surface area contributed by atoms with Gasteiger partial charge in [0.05, 0.1) is 18.4 Å². The van der Waals surface area contributed by atoms with E-state index >= 15 is 0 Å². The lowest BCUT2D eigenvalue weighted by Crippen LogP contribution is -2.21. The maximum absolute atomic E-state index is 13.4. The van der Waals surface area contributed by atoms with Crippen LogP contribution in [0.2, 0.25) is 0 Å². The first-order valence-electron chi connectivity index (χ1n) is 6.55. The number of anilines is 1. The highest BCUT2D eigenvalue weighted by Crippen LogP contribution is 2.16. The van der Waals surface area contributed by atoms with Crippen LogP contribution in [0.3, 0.4) is 0 Å². The molecule has 0 aliphatic rings. The molecular weight excluding hydrogens is 308 g/mol. The molecule has 0 atom stereocenters. The monoisotopic (exact) mass is 321 g/mol. The smallest absolute Gasteiger partial charge is 0.337 e. The Balaban J connectivity index is 1.97. The zero-order valence-corrected chi connectivity index (χ0v) is 12.1. The van der Waals surface area contributed by atoms with Crippen LogP contribution in [0.4, 0.5) is 14.5 Å². The second kappa shape index (κ2) is 7.35. The van der Waals surface area contributed by atoms with Crippen LogP contribution in [0.1, 0.15) is 10.4 Å². The van der Waals surface area contributed by atoms with Crippen LogP contribution >= 0.6 is 0 Å². The maximum atomic E-state index is 13.4. The molecular formula is C16H13F2NO4. The van der Waals surface area contributed by atoms with Crippen LogP contribution in [0, 0.1) is 11.6 Å². The average Bonchev–Trinajstić information content (AvgIpc) is 2.56. The summed E-state index contributed by atoms with van der Waals surface area (Å²) in [5, 5.41) is 2.20. The minimum absolute atomic E-state index is 0.265. The van der Waals surface area contributed by atoms with Gasteiger partial charge in [-0.3, -0.25) is 4.79 Å². The number of hydrogen-bond donors (Lipinski definition) is 1. The molecule has 1 N–H and O–H groups in total. The van der Waals surface area contributed by atoms with E-state index in [-0.39, 0.29) is 17.0 Å². The van der Waals surface area contributed by atoms with E-state index in [2.05, 4.69) is 10.1 Å². The SMILES string of the molecule is COC(=O)c1cccc(OCC(=O)Nc2cc(F)ccc2F)c1. The van der Waals surface area contributed by atoms with Crippen molar-refractivity contribution in [2.24, 2.45) is 0 Å². The van der Waals surface area contributed by atoms with E-state index in [1.165, 1.54) is 19.2 Å². The lowest BCUT2D eigenvalue weighted by atomic mass is 10.2. The lowest BCUT2D eigenvalue weighted by Gasteiger charge is -2.09. The third kappa shape index (κ3) is 4.50. The Bertz CT molecular complexity index is 734. The summed E-state index contributed by atoms with van der Waals surface area (Å²) in [5.41, 5.74) is -0.0107. The van der Waals surface area contributed by atoms with Crippen molar-refractivity contribution in [1.29, 1.82) is 0 Å². The van der Waals surface area contributed by atoms with Crippen molar-refractivity contribution in [3.05, 3.63) is 59.7 Å². The molecule has 0 radical (unpaired) electrons. The number of esters is 1. The third-order valence-electron chi connectivity index (χ3n) is 2.83. The highest BCUT2D eigenvalue weighted by molar-refractivity contribution is 5.92. The molecule has 120 valence electrons. The molecule has 0 saturated carbocycles. The maximum Gasteiger partial charge on any atom is 0.337 e. The summed E-state index contributed by atoms with van der Waals surface area (Å²) < 4.78 is 36.2. The fourth-order valence-corrected chi connectivity index (χ4v) is 1.76. The minimum Gasteiger partial charge on any atom is -0.484 e. The number of carbonyl (C=O) groups excluding carboxylic acids is 2. The molecule has 0 fully saturated rings. The van der Waals surface area contributed by atoms with Crippen molar-refractivity contribution in [2.45, 2.75) is 0 Å². The highest BCUT2D eigenvalue weighted by atomic mass is 19.1. The first-order chi connectivity index (χ1) is 11.0. The van der Waals surface area contributed by atoms with Gasteiger partial charge in [-0.1, -0.05) is 6.07 Å².